The third-order valence-electron chi connectivity index (χ3n) is 6.16. The first-order valence-corrected chi connectivity index (χ1v) is 11.0. The predicted octanol–water partition coefficient (Wildman–Crippen LogP) is 3.60. The average molecular weight is 408 g/mol. The highest BCUT2D eigenvalue weighted by atomic mass is 32.1. The van der Waals surface area contributed by atoms with Gasteiger partial charge in [-0.1, -0.05) is 18.2 Å². The Hall–Kier alpha value is -2.51. The van der Waals surface area contributed by atoms with Crippen LogP contribution in [0.25, 0.3) is 10.2 Å². The molecule has 5 rings (SSSR count). The molecular weight excluding hydrogens is 382 g/mol. The summed E-state index contributed by atoms with van der Waals surface area (Å²) in [5, 5.41) is 6.36. The molecule has 2 unspecified atom stereocenters. The van der Waals surface area contributed by atoms with Gasteiger partial charge in [-0.05, 0) is 49.3 Å². The minimum absolute atomic E-state index is 0.0671. The van der Waals surface area contributed by atoms with Crippen molar-refractivity contribution in [2.45, 2.75) is 38.8 Å². The molecule has 29 heavy (non-hydrogen) atoms. The Kier molecular flexibility index (Phi) is 4.72. The molecule has 7 heteroatoms. The summed E-state index contributed by atoms with van der Waals surface area (Å²) in [5.41, 5.74) is 3.15. The highest BCUT2D eigenvalue weighted by molar-refractivity contribution is 7.16. The number of hydrogen-bond donors (Lipinski definition) is 1. The number of carbonyl (C=O) groups excluding carboxylic acids is 1. The number of rotatable bonds is 4. The maximum absolute atomic E-state index is 12.7. The summed E-state index contributed by atoms with van der Waals surface area (Å²) in [5.74, 6) is 1.13. The van der Waals surface area contributed by atoms with E-state index in [0.29, 0.717) is 18.6 Å². The van der Waals surface area contributed by atoms with Gasteiger partial charge in [-0.15, -0.1) is 11.3 Å². The number of hydrogen-bond acceptors (Lipinski definition) is 6. The molecule has 0 radical (unpaired) electrons. The van der Waals surface area contributed by atoms with Crippen LogP contribution >= 0.6 is 11.3 Å². The van der Waals surface area contributed by atoms with E-state index in [2.05, 4.69) is 36.5 Å². The van der Waals surface area contributed by atoms with Crippen LogP contribution in [0.1, 0.15) is 24.0 Å². The molecule has 2 fully saturated rings. The third kappa shape index (κ3) is 3.38. The van der Waals surface area contributed by atoms with E-state index in [0.717, 1.165) is 58.8 Å². The average Bonchev–Trinajstić information content (AvgIpc) is 3.27. The number of aryl methyl sites for hydroxylation is 2. The van der Waals surface area contributed by atoms with Crippen molar-refractivity contribution >= 4 is 39.0 Å². The van der Waals surface area contributed by atoms with Crippen molar-refractivity contribution in [2.24, 2.45) is 0 Å². The normalized spacial score (nSPS) is 21.7. The molecule has 3 aromatic rings. The smallest absolute Gasteiger partial charge is 0.238 e. The van der Waals surface area contributed by atoms with Gasteiger partial charge >= 0.3 is 0 Å². The molecule has 2 aliphatic rings. The maximum atomic E-state index is 12.7. The van der Waals surface area contributed by atoms with E-state index in [-0.39, 0.29) is 5.91 Å². The van der Waals surface area contributed by atoms with Crippen molar-refractivity contribution in [3.8, 4) is 0 Å². The van der Waals surface area contributed by atoms with Crippen LogP contribution in [0.15, 0.2) is 36.0 Å². The van der Waals surface area contributed by atoms with Gasteiger partial charge in [-0.25, -0.2) is 9.97 Å². The van der Waals surface area contributed by atoms with Gasteiger partial charge in [0.2, 0.25) is 5.91 Å². The van der Waals surface area contributed by atoms with Gasteiger partial charge in [-0.2, -0.15) is 0 Å². The van der Waals surface area contributed by atoms with Gasteiger partial charge in [0.1, 0.15) is 17.0 Å². The number of thiophene rings is 1. The van der Waals surface area contributed by atoms with E-state index in [1.165, 1.54) is 0 Å². The number of nitrogens with zero attached hydrogens (tertiary/aromatic N) is 4. The van der Waals surface area contributed by atoms with Crippen molar-refractivity contribution in [3.05, 3.63) is 47.1 Å². The van der Waals surface area contributed by atoms with Crippen molar-refractivity contribution in [1.29, 1.82) is 0 Å². The summed E-state index contributed by atoms with van der Waals surface area (Å²) in [6.45, 7) is 6.30. The van der Waals surface area contributed by atoms with Gasteiger partial charge in [0.05, 0.1) is 11.9 Å². The van der Waals surface area contributed by atoms with E-state index >= 15 is 0 Å². The van der Waals surface area contributed by atoms with E-state index in [1.807, 2.05) is 32.0 Å². The summed E-state index contributed by atoms with van der Waals surface area (Å²) in [6, 6.07) is 9.02. The van der Waals surface area contributed by atoms with Crippen LogP contribution in [0.5, 0.6) is 0 Å². The van der Waals surface area contributed by atoms with E-state index in [4.69, 9.17) is 0 Å². The molecule has 2 aromatic heterocycles. The Labute approximate surface area is 174 Å². The summed E-state index contributed by atoms with van der Waals surface area (Å²) in [4.78, 5) is 27.6. The number of likely N-dealkylation sites (tertiary alicyclic amines) is 1. The van der Waals surface area contributed by atoms with Crippen molar-refractivity contribution < 1.29 is 4.79 Å². The molecule has 2 aliphatic heterocycles. The number of piperazine rings is 1. The fraction of sp³-hybridized carbons (Fsp3) is 0.409. The molecule has 0 aliphatic carbocycles. The number of para-hydroxylation sites is 1. The Morgan fingerprint density at radius 2 is 1.86 bits per heavy atom. The molecular formula is C22H25N5OS. The number of aromatic nitrogens is 2. The lowest BCUT2D eigenvalue weighted by Gasteiger charge is -2.41. The Bertz CT molecular complexity index is 1030. The van der Waals surface area contributed by atoms with Gasteiger partial charge in [0, 0.05) is 30.9 Å². The quantitative estimate of drug-likeness (QED) is 0.716. The summed E-state index contributed by atoms with van der Waals surface area (Å²) >= 11 is 1.66. The van der Waals surface area contributed by atoms with Gasteiger partial charge in [-0.3, -0.25) is 9.69 Å². The van der Waals surface area contributed by atoms with E-state index < -0.39 is 0 Å². The van der Waals surface area contributed by atoms with Crippen LogP contribution in [0.4, 0.5) is 11.5 Å². The second-order valence-electron chi connectivity index (χ2n) is 8.14. The standard InChI is InChI=1S/C22H25N5OS/c1-14-4-3-5-15(2)20(14)25-19(28)12-26-10-16-6-7-17(11-26)27(16)21-18-8-9-29-22(18)24-13-23-21/h3-5,8-9,13,16-17H,6-7,10-12H2,1-2H3,(H,25,28). The number of fused-ring (bicyclic) bond motifs is 3. The molecule has 2 saturated heterocycles. The van der Waals surface area contributed by atoms with Crippen LogP contribution < -0.4 is 10.2 Å². The Morgan fingerprint density at radius 1 is 1.14 bits per heavy atom. The van der Waals surface area contributed by atoms with Crippen LogP contribution in [0.2, 0.25) is 0 Å². The minimum Gasteiger partial charge on any atom is -0.347 e. The molecule has 1 aromatic carbocycles. The fourth-order valence-electron chi connectivity index (χ4n) is 4.84. The number of amides is 1. The number of carbonyl (C=O) groups is 1. The fourth-order valence-corrected chi connectivity index (χ4v) is 5.57. The number of benzene rings is 1. The maximum Gasteiger partial charge on any atom is 0.238 e. The summed E-state index contributed by atoms with van der Waals surface area (Å²) in [6.07, 6.45) is 3.97. The van der Waals surface area contributed by atoms with E-state index in [1.54, 1.807) is 17.7 Å². The van der Waals surface area contributed by atoms with Gasteiger partial charge in [0.25, 0.3) is 0 Å². The highest BCUT2D eigenvalue weighted by Gasteiger charge is 2.41. The first kappa shape index (κ1) is 18.5. The SMILES string of the molecule is Cc1cccc(C)c1NC(=O)CN1CC2CCC(C1)N2c1ncnc2sccc12. The number of anilines is 2. The largest absolute Gasteiger partial charge is 0.347 e. The summed E-state index contributed by atoms with van der Waals surface area (Å²) < 4.78 is 0. The lowest BCUT2D eigenvalue weighted by atomic mass is 10.1. The van der Waals surface area contributed by atoms with Crippen LogP contribution in [-0.2, 0) is 4.79 Å². The van der Waals surface area contributed by atoms with Crippen LogP contribution in [-0.4, -0.2) is 52.5 Å². The zero-order valence-electron chi connectivity index (χ0n) is 16.8. The minimum atomic E-state index is 0.0671. The highest BCUT2D eigenvalue weighted by Crippen LogP contribution is 2.37. The molecule has 0 saturated carbocycles. The summed E-state index contributed by atoms with van der Waals surface area (Å²) in [7, 11) is 0. The second kappa shape index (κ2) is 7.39. The van der Waals surface area contributed by atoms with Crippen LogP contribution in [0.3, 0.4) is 0 Å². The van der Waals surface area contributed by atoms with Gasteiger partial charge in [0.15, 0.2) is 0 Å². The Balaban J connectivity index is 1.29. The van der Waals surface area contributed by atoms with Crippen LogP contribution in [0, 0.1) is 13.8 Å². The molecule has 6 nitrogen and oxygen atoms in total. The molecule has 150 valence electrons. The zero-order chi connectivity index (χ0) is 20.0. The van der Waals surface area contributed by atoms with Crippen molar-refractivity contribution in [2.75, 3.05) is 29.9 Å². The molecule has 2 bridgehead atoms. The molecule has 4 heterocycles. The first-order chi connectivity index (χ1) is 14.1. The molecule has 2 atom stereocenters. The lowest BCUT2D eigenvalue weighted by Crippen LogP contribution is -2.55. The Morgan fingerprint density at radius 3 is 2.59 bits per heavy atom. The number of nitrogens with one attached hydrogen (secondary N) is 1. The third-order valence-corrected chi connectivity index (χ3v) is 6.98. The van der Waals surface area contributed by atoms with Crippen molar-refractivity contribution in [3.63, 3.8) is 0 Å². The monoisotopic (exact) mass is 407 g/mol. The zero-order valence-corrected chi connectivity index (χ0v) is 17.6. The molecule has 1 amide bonds. The van der Waals surface area contributed by atoms with E-state index in [9.17, 15) is 4.79 Å². The second-order valence-corrected chi connectivity index (χ2v) is 9.03. The molecule has 1 N–H and O–H groups in total. The van der Waals surface area contributed by atoms with Gasteiger partial charge < -0.3 is 10.2 Å². The van der Waals surface area contributed by atoms with Crippen molar-refractivity contribution in [1.82, 2.24) is 14.9 Å². The topological polar surface area (TPSA) is 61.4 Å². The lowest BCUT2D eigenvalue weighted by molar-refractivity contribution is -0.117. The predicted molar refractivity (Wildman–Crippen MR) is 118 cm³/mol. The molecule has 0 spiro atoms. The first-order valence-electron chi connectivity index (χ1n) is 10.1.